The molecular weight excluding hydrogens is 370 g/mol. The molecule has 150 valence electrons. The lowest BCUT2D eigenvalue weighted by atomic mass is 10.2. The molecule has 8 heteroatoms. The number of benzene rings is 1. The van der Waals surface area contributed by atoms with Gasteiger partial charge in [-0.2, -0.15) is 0 Å². The van der Waals surface area contributed by atoms with Gasteiger partial charge in [0.05, 0.1) is 12.7 Å². The molecule has 1 fully saturated rings. The van der Waals surface area contributed by atoms with Crippen LogP contribution in [0.4, 0.5) is 5.82 Å². The number of carbonyl (C=O) groups excluding carboxylic acids is 1. The molecule has 3 aromatic rings. The van der Waals surface area contributed by atoms with Gasteiger partial charge >= 0.3 is 0 Å². The summed E-state index contributed by atoms with van der Waals surface area (Å²) in [6.45, 7) is 2.93. The second-order valence-electron chi connectivity index (χ2n) is 6.76. The maximum absolute atomic E-state index is 12.6. The Balaban J connectivity index is 1.30. The maximum Gasteiger partial charge on any atom is 0.251 e. The minimum atomic E-state index is 0.0997. The van der Waals surface area contributed by atoms with Crippen molar-refractivity contribution < 1.29 is 13.9 Å². The third kappa shape index (κ3) is 4.37. The molecule has 1 amide bonds. The zero-order valence-corrected chi connectivity index (χ0v) is 16.3. The second kappa shape index (κ2) is 8.72. The van der Waals surface area contributed by atoms with E-state index in [0.717, 1.165) is 24.5 Å². The Hall–Kier alpha value is -3.42. The molecule has 0 unspecified atom stereocenters. The number of ether oxygens (including phenoxy) is 1. The molecule has 1 aliphatic heterocycles. The van der Waals surface area contributed by atoms with Gasteiger partial charge in [0, 0.05) is 45.2 Å². The van der Waals surface area contributed by atoms with Crippen molar-refractivity contribution in [2.24, 2.45) is 0 Å². The zero-order valence-electron chi connectivity index (χ0n) is 16.3. The van der Waals surface area contributed by atoms with E-state index in [1.54, 1.807) is 13.3 Å². The Morgan fingerprint density at radius 1 is 1.07 bits per heavy atom. The fourth-order valence-corrected chi connectivity index (χ4v) is 3.38. The third-order valence-electron chi connectivity index (χ3n) is 4.96. The molecule has 3 heterocycles. The van der Waals surface area contributed by atoms with Crippen molar-refractivity contribution in [3.05, 3.63) is 54.6 Å². The summed E-state index contributed by atoms with van der Waals surface area (Å²) < 4.78 is 11.1. The summed E-state index contributed by atoms with van der Waals surface area (Å²) in [5, 5.41) is 8.17. The first kappa shape index (κ1) is 18.9. The van der Waals surface area contributed by atoms with Crippen LogP contribution < -0.4 is 9.64 Å². The first-order valence-corrected chi connectivity index (χ1v) is 9.64. The smallest absolute Gasteiger partial charge is 0.251 e. The summed E-state index contributed by atoms with van der Waals surface area (Å²) in [6, 6.07) is 13.3. The summed E-state index contributed by atoms with van der Waals surface area (Å²) in [7, 11) is 1.60. The first-order valence-electron chi connectivity index (χ1n) is 9.64. The fourth-order valence-electron chi connectivity index (χ4n) is 3.38. The van der Waals surface area contributed by atoms with Gasteiger partial charge in [0.15, 0.2) is 0 Å². The van der Waals surface area contributed by atoms with Crippen LogP contribution in [0.15, 0.2) is 53.1 Å². The van der Waals surface area contributed by atoms with E-state index in [1.807, 2.05) is 47.4 Å². The van der Waals surface area contributed by atoms with Gasteiger partial charge < -0.3 is 19.0 Å². The molecule has 0 spiro atoms. The number of amides is 1. The molecule has 0 N–H and O–H groups in total. The van der Waals surface area contributed by atoms with Gasteiger partial charge in [0.1, 0.15) is 11.6 Å². The minimum Gasteiger partial charge on any atom is -0.496 e. The van der Waals surface area contributed by atoms with Gasteiger partial charge in [-0.15, -0.1) is 10.2 Å². The fraction of sp³-hybridized carbons (Fsp3) is 0.333. The zero-order chi connectivity index (χ0) is 20.1. The van der Waals surface area contributed by atoms with Crippen molar-refractivity contribution in [3.8, 4) is 17.2 Å². The van der Waals surface area contributed by atoms with Crippen LogP contribution in [0.3, 0.4) is 0 Å². The number of pyridine rings is 1. The van der Waals surface area contributed by atoms with E-state index in [4.69, 9.17) is 9.15 Å². The van der Waals surface area contributed by atoms with Crippen LogP contribution in [0, 0.1) is 0 Å². The highest BCUT2D eigenvalue weighted by Gasteiger charge is 2.22. The number of hydrogen-bond donors (Lipinski definition) is 0. The van der Waals surface area contributed by atoms with Crippen LogP contribution in [-0.4, -0.2) is 59.3 Å². The highest BCUT2D eigenvalue weighted by atomic mass is 16.5. The third-order valence-corrected chi connectivity index (χ3v) is 4.96. The van der Waals surface area contributed by atoms with E-state index in [9.17, 15) is 4.79 Å². The second-order valence-corrected chi connectivity index (χ2v) is 6.76. The van der Waals surface area contributed by atoms with Crippen LogP contribution in [0.5, 0.6) is 5.75 Å². The molecule has 29 heavy (non-hydrogen) atoms. The van der Waals surface area contributed by atoms with Crippen molar-refractivity contribution in [3.63, 3.8) is 0 Å². The molecule has 0 aliphatic carbocycles. The number of aromatic nitrogens is 3. The van der Waals surface area contributed by atoms with Crippen LogP contribution in [-0.2, 0) is 11.2 Å². The number of methoxy groups -OCH3 is 1. The number of rotatable bonds is 6. The minimum absolute atomic E-state index is 0.0997. The van der Waals surface area contributed by atoms with E-state index in [2.05, 4.69) is 20.1 Å². The van der Waals surface area contributed by atoms with Crippen LogP contribution >= 0.6 is 0 Å². The normalized spacial score (nSPS) is 14.1. The Morgan fingerprint density at radius 3 is 2.62 bits per heavy atom. The predicted molar refractivity (Wildman–Crippen MR) is 108 cm³/mol. The van der Waals surface area contributed by atoms with Crippen LogP contribution in [0.2, 0.25) is 0 Å². The molecule has 2 aromatic heterocycles. The standard InChI is InChI=1S/C21H23N5O3/c1-28-17-7-3-2-6-16(17)21-24-23-19(29-21)9-10-20(27)26-14-12-25(13-15-26)18-8-4-5-11-22-18/h2-8,11H,9-10,12-15H2,1H3. The van der Waals surface area contributed by atoms with E-state index in [-0.39, 0.29) is 5.91 Å². The van der Waals surface area contributed by atoms with E-state index in [1.165, 1.54) is 0 Å². The van der Waals surface area contributed by atoms with Crippen molar-refractivity contribution in [1.29, 1.82) is 0 Å². The van der Waals surface area contributed by atoms with E-state index in [0.29, 0.717) is 43.5 Å². The highest BCUT2D eigenvalue weighted by Crippen LogP contribution is 2.28. The van der Waals surface area contributed by atoms with Crippen LogP contribution in [0.25, 0.3) is 11.5 Å². The largest absolute Gasteiger partial charge is 0.496 e. The quantitative estimate of drug-likeness (QED) is 0.636. The summed E-state index contributed by atoms with van der Waals surface area (Å²) in [5.41, 5.74) is 0.741. The Bertz CT molecular complexity index is 952. The number of piperazine rings is 1. The molecule has 1 aliphatic rings. The molecule has 0 radical (unpaired) electrons. The summed E-state index contributed by atoms with van der Waals surface area (Å²) in [6.07, 6.45) is 2.55. The topological polar surface area (TPSA) is 84.6 Å². The van der Waals surface area contributed by atoms with Gasteiger partial charge in [-0.05, 0) is 24.3 Å². The average Bonchev–Trinajstić information content (AvgIpc) is 3.27. The van der Waals surface area contributed by atoms with Crippen molar-refractivity contribution in [2.45, 2.75) is 12.8 Å². The predicted octanol–water partition coefficient (Wildman–Crippen LogP) is 2.42. The van der Waals surface area contributed by atoms with E-state index < -0.39 is 0 Å². The molecule has 0 atom stereocenters. The monoisotopic (exact) mass is 393 g/mol. The highest BCUT2D eigenvalue weighted by molar-refractivity contribution is 5.76. The van der Waals surface area contributed by atoms with E-state index >= 15 is 0 Å². The molecule has 0 bridgehead atoms. The number of nitrogens with zero attached hydrogens (tertiary/aromatic N) is 5. The Morgan fingerprint density at radius 2 is 1.86 bits per heavy atom. The molecular formula is C21H23N5O3. The van der Waals surface area contributed by atoms with Crippen molar-refractivity contribution >= 4 is 11.7 Å². The van der Waals surface area contributed by atoms with Gasteiger partial charge in [0.2, 0.25) is 11.8 Å². The number of para-hydroxylation sites is 1. The first-order chi connectivity index (χ1) is 14.2. The number of hydrogen-bond acceptors (Lipinski definition) is 7. The number of anilines is 1. The summed E-state index contributed by atoms with van der Waals surface area (Å²) in [4.78, 5) is 21.0. The van der Waals surface area contributed by atoms with Crippen molar-refractivity contribution in [1.82, 2.24) is 20.1 Å². The summed E-state index contributed by atoms with van der Waals surface area (Å²) in [5.74, 6) is 2.57. The molecule has 0 saturated carbocycles. The van der Waals surface area contributed by atoms with Gasteiger partial charge in [0.25, 0.3) is 5.89 Å². The van der Waals surface area contributed by atoms with Gasteiger partial charge in [-0.3, -0.25) is 4.79 Å². The Kier molecular flexibility index (Phi) is 5.69. The van der Waals surface area contributed by atoms with Crippen LogP contribution in [0.1, 0.15) is 12.3 Å². The van der Waals surface area contributed by atoms with Crippen molar-refractivity contribution in [2.75, 3.05) is 38.2 Å². The lowest BCUT2D eigenvalue weighted by Gasteiger charge is -2.35. The molecule has 8 nitrogen and oxygen atoms in total. The SMILES string of the molecule is COc1ccccc1-c1nnc(CCC(=O)N2CCN(c3ccccn3)CC2)o1. The summed E-state index contributed by atoms with van der Waals surface area (Å²) >= 11 is 0. The Labute approximate surface area is 169 Å². The number of carbonyl (C=O) groups is 1. The van der Waals surface area contributed by atoms with Gasteiger partial charge in [-0.1, -0.05) is 18.2 Å². The molecule has 4 rings (SSSR count). The maximum atomic E-state index is 12.6. The lowest BCUT2D eigenvalue weighted by molar-refractivity contribution is -0.131. The number of aryl methyl sites for hydroxylation is 1. The average molecular weight is 393 g/mol. The molecule has 1 saturated heterocycles. The lowest BCUT2D eigenvalue weighted by Crippen LogP contribution is -2.49. The molecule has 1 aromatic carbocycles. The van der Waals surface area contributed by atoms with Gasteiger partial charge in [-0.25, -0.2) is 4.98 Å².